The summed E-state index contributed by atoms with van der Waals surface area (Å²) >= 11 is 5.74. The predicted octanol–water partition coefficient (Wildman–Crippen LogP) is 2.91. The van der Waals surface area contributed by atoms with Crippen LogP contribution in [0.15, 0.2) is 30.3 Å². The molecule has 1 aliphatic heterocycles. The summed E-state index contributed by atoms with van der Waals surface area (Å²) in [4.78, 5) is 31.7. The van der Waals surface area contributed by atoms with Gasteiger partial charge >= 0.3 is 0 Å². The molecule has 1 amide bonds. The average molecular weight is 389 g/mol. The lowest BCUT2D eigenvalue weighted by atomic mass is 9.87. The fourth-order valence-electron chi connectivity index (χ4n) is 3.30. The van der Waals surface area contributed by atoms with Crippen molar-refractivity contribution in [3.8, 4) is 11.4 Å². The van der Waals surface area contributed by atoms with Crippen molar-refractivity contribution in [2.45, 2.75) is 39.9 Å². The highest BCUT2D eigenvalue weighted by molar-refractivity contribution is 6.65. The fraction of sp³-hybridized carbons (Fsp3) is 0.450. The number of aromatic nitrogens is 2. The van der Waals surface area contributed by atoms with Gasteiger partial charge in [0.2, 0.25) is 5.24 Å². The van der Waals surface area contributed by atoms with Gasteiger partial charge in [-0.15, -0.1) is 0 Å². The molecule has 144 valence electrons. The first-order chi connectivity index (χ1) is 12.7. The molecule has 0 aliphatic carbocycles. The van der Waals surface area contributed by atoms with E-state index < -0.39 is 16.7 Å². The zero-order valence-corrected chi connectivity index (χ0v) is 16.9. The van der Waals surface area contributed by atoms with Crippen LogP contribution in [0.25, 0.3) is 11.4 Å². The smallest absolute Gasteiger partial charge is 0.272 e. The molecule has 0 unspecified atom stereocenters. The summed E-state index contributed by atoms with van der Waals surface area (Å²) in [6.07, 6.45) is 0. The summed E-state index contributed by atoms with van der Waals surface area (Å²) in [5.74, 6) is 0.401. The van der Waals surface area contributed by atoms with E-state index in [1.54, 1.807) is 0 Å². The summed E-state index contributed by atoms with van der Waals surface area (Å²) in [5, 5.41) is 2.21. The van der Waals surface area contributed by atoms with Crippen molar-refractivity contribution in [3.05, 3.63) is 41.7 Å². The predicted molar refractivity (Wildman–Crippen MR) is 106 cm³/mol. The molecule has 1 N–H and O–H groups in total. The van der Waals surface area contributed by atoms with Gasteiger partial charge in [0.05, 0.1) is 5.69 Å². The van der Waals surface area contributed by atoms with Crippen molar-refractivity contribution in [1.82, 2.24) is 19.8 Å². The summed E-state index contributed by atoms with van der Waals surface area (Å²) in [5.41, 5.74) is 1.68. The fourth-order valence-corrected chi connectivity index (χ4v) is 3.68. The van der Waals surface area contributed by atoms with Crippen LogP contribution in [-0.4, -0.2) is 45.2 Å². The Morgan fingerprint density at radius 1 is 1.19 bits per heavy atom. The van der Waals surface area contributed by atoms with Gasteiger partial charge < -0.3 is 9.88 Å². The Hall–Kier alpha value is -2.18. The number of rotatable bonds is 4. The third-order valence-electron chi connectivity index (χ3n) is 4.81. The van der Waals surface area contributed by atoms with Gasteiger partial charge in [0.25, 0.3) is 5.91 Å². The summed E-state index contributed by atoms with van der Waals surface area (Å²) in [6.45, 7) is 7.86. The van der Waals surface area contributed by atoms with Crippen molar-refractivity contribution >= 4 is 22.8 Å². The lowest BCUT2D eigenvalue weighted by molar-refractivity contribution is -0.115. The van der Waals surface area contributed by atoms with E-state index in [2.05, 4.69) is 19.8 Å². The highest BCUT2D eigenvalue weighted by Crippen LogP contribution is 2.27. The second-order valence-electron chi connectivity index (χ2n) is 8.06. The van der Waals surface area contributed by atoms with E-state index >= 15 is 0 Å². The number of benzene rings is 1. The molecule has 0 bridgehead atoms. The maximum absolute atomic E-state index is 13.0. The highest BCUT2D eigenvalue weighted by Gasteiger charge is 2.34. The van der Waals surface area contributed by atoms with Crippen LogP contribution in [0.5, 0.6) is 0 Å². The summed E-state index contributed by atoms with van der Waals surface area (Å²) in [6, 6.07) is 9.03. The standard InChI is InChI=1S/C20H25ClN4O2/c1-20(2,3)16(17(21)26)23-19(27)15-14-12-24(4)10-11-25(14)18(22-15)13-8-6-5-7-9-13/h5-9,16H,10-12H2,1-4H3,(H,23,27)/t16-/m1/s1. The molecule has 3 rings (SSSR count). The second kappa shape index (κ2) is 7.44. The number of imidazole rings is 1. The van der Waals surface area contributed by atoms with Crippen LogP contribution in [0.2, 0.25) is 0 Å². The third-order valence-corrected chi connectivity index (χ3v) is 5.03. The minimum absolute atomic E-state index is 0.354. The number of nitrogens with zero attached hydrogens (tertiary/aromatic N) is 3. The molecule has 2 aromatic rings. The van der Waals surface area contributed by atoms with Crippen LogP contribution >= 0.6 is 11.6 Å². The molecule has 1 aromatic carbocycles. The molecule has 0 fully saturated rings. The minimum Gasteiger partial charge on any atom is -0.339 e. The SMILES string of the molecule is CN1CCn2c(-c3ccccc3)nc(C(=O)N[C@H](C(=O)Cl)C(C)(C)C)c2C1. The van der Waals surface area contributed by atoms with Gasteiger partial charge in [0, 0.05) is 25.2 Å². The van der Waals surface area contributed by atoms with Crippen LogP contribution < -0.4 is 5.32 Å². The van der Waals surface area contributed by atoms with E-state index in [0.29, 0.717) is 12.2 Å². The Kier molecular flexibility index (Phi) is 5.40. The first-order valence-electron chi connectivity index (χ1n) is 9.02. The molecule has 0 saturated heterocycles. The Morgan fingerprint density at radius 3 is 2.44 bits per heavy atom. The number of carbonyl (C=O) groups excluding carboxylic acids is 2. The molecule has 1 aromatic heterocycles. The molecule has 6 nitrogen and oxygen atoms in total. The largest absolute Gasteiger partial charge is 0.339 e. The topological polar surface area (TPSA) is 67.2 Å². The van der Waals surface area contributed by atoms with E-state index in [4.69, 9.17) is 11.6 Å². The van der Waals surface area contributed by atoms with Crippen LogP contribution in [-0.2, 0) is 17.9 Å². The van der Waals surface area contributed by atoms with Crippen molar-refractivity contribution in [2.24, 2.45) is 5.41 Å². The van der Waals surface area contributed by atoms with Gasteiger partial charge in [-0.2, -0.15) is 0 Å². The van der Waals surface area contributed by atoms with E-state index in [9.17, 15) is 9.59 Å². The number of amides is 1. The molecule has 7 heteroatoms. The number of nitrogens with one attached hydrogen (secondary N) is 1. The van der Waals surface area contributed by atoms with Crippen molar-refractivity contribution in [2.75, 3.05) is 13.6 Å². The monoisotopic (exact) mass is 388 g/mol. The number of fused-ring (bicyclic) bond motifs is 1. The average Bonchev–Trinajstić information content (AvgIpc) is 2.97. The van der Waals surface area contributed by atoms with Crippen molar-refractivity contribution in [1.29, 1.82) is 0 Å². The van der Waals surface area contributed by atoms with Gasteiger partial charge in [-0.25, -0.2) is 4.98 Å². The van der Waals surface area contributed by atoms with Crippen molar-refractivity contribution < 1.29 is 9.59 Å². The molecule has 0 spiro atoms. The molecule has 2 heterocycles. The molecular weight excluding hydrogens is 364 g/mol. The van der Waals surface area contributed by atoms with Crippen LogP contribution in [0.1, 0.15) is 37.0 Å². The van der Waals surface area contributed by atoms with Gasteiger partial charge in [-0.3, -0.25) is 14.5 Å². The van der Waals surface area contributed by atoms with E-state index in [1.807, 2.05) is 58.2 Å². The maximum atomic E-state index is 13.0. The van der Waals surface area contributed by atoms with E-state index in [-0.39, 0.29) is 5.91 Å². The highest BCUT2D eigenvalue weighted by atomic mass is 35.5. The quantitative estimate of drug-likeness (QED) is 0.818. The van der Waals surface area contributed by atoms with Crippen molar-refractivity contribution in [3.63, 3.8) is 0 Å². The van der Waals surface area contributed by atoms with Gasteiger partial charge in [0.1, 0.15) is 11.9 Å². The van der Waals surface area contributed by atoms with Gasteiger partial charge in [0.15, 0.2) is 5.69 Å². The number of carbonyl (C=O) groups is 2. The van der Waals surface area contributed by atoms with Crippen LogP contribution in [0, 0.1) is 5.41 Å². The number of hydrogen-bond acceptors (Lipinski definition) is 4. The molecule has 1 atom stereocenters. The van der Waals surface area contributed by atoms with Gasteiger partial charge in [-0.05, 0) is 24.1 Å². The van der Waals surface area contributed by atoms with Gasteiger partial charge in [-0.1, -0.05) is 51.1 Å². The van der Waals surface area contributed by atoms with Crippen LogP contribution in [0.3, 0.4) is 0 Å². The normalized spacial score (nSPS) is 15.9. The number of hydrogen-bond donors (Lipinski definition) is 1. The Bertz CT molecular complexity index is 855. The Balaban J connectivity index is 2.01. The molecule has 27 heavy (non-hydrogen) atoms. The molecule has 0 saturated carbocycles. The zero-order valence-electron chi connectivity index (χ0n) is 16.1. The lowest BCUT2D eigenvalue weighted by Gasteiger charge is -2.29. The third kappa shape index (κ3) is 4.06. The minimum atomic E-state index is -0.787. The second-order valence-corrected chi connectivity index (χ2v) is 8.44. The lowest BCUT2D eigenvalue weighted by Crippen LogP contribution is -2.48. The maximum Gasteiger partial charge on any atom is 0.272 e. The Morgan fingerprint density at radius 2 is 1.85 bits per heavy atom. The molecule has 0 radical (unpaired) electrons. The summed E-state index contributed by atoms with van der Waals surface area (Å²) in [7, 11) is 2.01. The number of halogens is 1. The first-order valence-corrected chi connectivity index (χ1v) is 9.40. The summed E-state index contributed by atoms with van der Waals surface area (Å²) < 4.78 is 2.10. The van der Waals surface area contributed by atoms with E-state index in [1.165, 1.54) is 0 Å². The molecule has 1 aliphatic rings. The van der Waals surface area contributed by atoms with E-state index in [0.717, 1.165) is 30.2 Å². The Labute approximate surface area is 164 Å². The number of likely N-dealkylation sites (N-methyl/N-ethyl adjacent to an activating group) is 1. The molecular formula is C20H25ClN4O2. The zero-order chi connectivity index (χ0) is 19.8. The first kappa shape index (κ1) is 19.6. The van der Waals surface area contributed by atoms with Crippen LogP contribution in [0.4, 0.5) is 0 Å².